The molecule has 2 amide bonds. The van der Waals surface area contributed by atoms with Crippen LogP contribution >= 0.6 is 11.3 Å². The number of hydrogen-bond donors (Lipinski definition) is 3. The van der Waals surface area contributed by atoms with Gasteiger partial charge in [0.15, 0.2) is 5.69 Å². The summed E-state index contributed by atoms with van der Waals surface area (Å²) in [5.74, 6) is -1.31. The van der Waals surface area contributed by atoms with Crippen molar-refractivity contribution in [2.75, 3.05) is 25.0 Å². The monoisotopic (exact) mass is 629 g/mol. The van der Waals surface area contributed by atoms with Gasteiger partial charge in [-0.3, -0.25) is 15.0 Å². The molecular formula is C29H30F3N7O4S. The van der Waals surface area contributed by atoms with Crippen molar-refractivity contribution in [1.29, 1.82) is 0 Å². The second-order valence-corrected chi connectivity index (χ2v) is 11.6. The molecule has 4 aromatic heterocycles. The lowest BCUT2D eigenvalue weighted by Crippen LogP contribution is -2.41. The Labute approximate surface area is 253 Å². The normalized spacial score (nSPS) is 15.9. The number of anilines is 1. The van der Waals surface area contributed by atoms with Gasteiger partial charge in [0.1, 0.15) is 22.0 Å². The molecule has 0 aromatic carbocycles. The summed E-state index contributed by atoms with van der Waals surface area (Å²) in [6.45, 7) is 7.79. The Morgan fingerprint density at radius 2 is 1.95 bits per heavy atom. The first-order chi connectivity index (χ1) is 20.9. The maximum atomic E-state index is 13.4. The van der Waals surface area contributed by atoms with Crippen molar-refractivity contribution in [3.63, 3.8) is 0 Å². The largest absolute Gasteiger partial charge is 0.477 e. The van der Waals surface area contributed by atoms with E-state index in [4.69, 9.17) is 0 Å². The van der Waals surface area contributed by atoms with Crippen LogP contribution in [0, 0.1) is 0 Å². The molecule has 44 heavy (non-hydrogen) atoms. The lowest BCUT2D eigenvalue weighted by molar-refractivity contribution is -0.140. The number of carbonyl (C=O) groups excluding carboxylic acids is 1. The van der Waals surface area contributed by atoms with Crippen molar-refractivity contribution in [2.45, 2.75) is 51.9 Å². The van der Waals surface area contributed by atoms with Crippen LogP contribution in [0.2, 0.25) is 0 Å². The van der Waals surface area contributed by atoms with Crippen LogP contribution in [0.4, 0.5) is 23.8 Å². The quantitative estimate of drug-likeness (QED) is 0.244. The lowest BCUT2D eigenvalue weighted by Gasteiger charge is -2.36. The van der Waals surface area contributed by atoms with Crippen LogP contribution in [0.3, 0.4) is 0 Å². The number of amides is 2. The molecule has 3 N–H and O–H groups in total. The molecule has 4 aromatic rings. The smallest absolute Gasteiger partial charge is 0.434 e. The number of nitrogens with one attached hydrogen (secondary N) is 2. The minimum Gasteiger partial charge on any atom is -0.477 e. The number of carboxylic acid groups (broad SMARTS) is 1. The van der Waals surface area contributed by atoms with E-state index in [1.54, 1.807) is 11.5 Å². The van der Waals surface area contributed by atoms with Crippen LogP contribution in [-0.4, -0.2) is 67.2 Å². The van der Waals surface area contributed by atoms with E-state index in [-0.39, 0.29) is 33.9 Å². The molecule has 1 fully saturated rings. The highest BCUT2D eigenvalue weighted by Gasteiger charge is 2.34. The first-order valence-electron chi connectivity index (χ1n) is 14.0. The van der Waals surface area contributed by atoms with E-state index in [0.29, 0.717) is 29.9 Å². The first kappa shape index (κ1) is 31.1. The number of carboxylic acids is 1. The number of nitrogens with zero attached hydrogens (tertiary/aromatic N) is 5. The number of rotatable bonds is 7. The molecule has 1 aliphatic heterocycles. The molecule has 0 aliphatic carbocycles. The van der Waals surface area contributed by atoms with Crippen LogP contribution in [0.25, 0.3) is 32.7 Å². The van der Waals surface area contributed by atoms with E-state index in [2.05, 4.69) is 44.3 Å². The predicted octanol–water partition coefficient (Wildman–Crippen LogP) is 5.49. The minimum absolute atomic E-state index is 0.00134. The van der Waals surface area contributed by atoms with Crippen molar-refractivity contribution in [3.05, 3.63) is 57.6 Å². The van der Waals surface area contributed by atoms with E-state index < -0.39 is 34.9 Å². The summed E-state index contributed by atoms with van der Waals surface area (Å²) >= 11 is 0.757. The molecule has 0 bridgehead atoms. The number of piperidine rings is 1. The van der Waals surface area contributed by atoms with Gasteiger partial charge in [0.2, 0.25) is 5.43 Å². The summed E-state index contributed by atoms with van der Waals surface area (Å²) in [4.78, 5) is 52.6. The Morgan fingerprint density at radius 3 is 2.61 bits per heavy atom. The molecule has 1 unspecified atom stereocenters. The van der Waals surface area contributed by atoms with Gasteiger partial charge in [0, 0.05) is 65.8 Å². The van der Waals surface area contributed by atoms with E-state index in [1.807, 2.05) is 0 Å². The van der Waals surface area contributed by atoms with Gasteiger partial charge in [0.25, 0.3) is 0 Å². The van der Waals surface area contributed by atoms with Crippen molar-refractivity contribution in [2.24, 2.45) is 0 Å². The zero-order valence-electron chi connectivity index (χ0n) is 24.1. The number of hydrogen-bond acceptors (Lipinski definition) is 8. The van der Waals surface area contributed by atoms with Crippen LogP contribution in [0.15, 0.2) is 40.9 Å². The van der Waals surface area contributed by atoms with Crippen LogP contribution < -0.4 is 16.1 Å². The van der Waals surface area contributed by atoms with Crippen molar-refractivity contribution < 1.29 is 27.9 Å². The molecule has 15 heteroatoms. The second-order valence-electron chi connectivity index (χ2n) is 10.7. The zero-order chi connectivity index (χ0) is 31.8. The fourth-order valence-corrected chi connectivity index (χ4v) is 6.13. The van der Waals surface area contributed by atoms with Crippen molar-refractivity contribution in [1.82, 2.24) is 29.7 Å². The average molecular weight is 630 g/mol. The summed E-state index contributed by atoms with van der Waals surface area (Å²) < 4.78 is 42.0. The number of thiazole rings is 1. The van der Waals surface area contributed by atoms with Crippen molar-refractivity contribution >= 4 is 40.2 Å². The van der Waals surface area contributed by atoms with E-state index in [9.17, 15) is 32.7 Å². The second kappa shape index (κ2) is 12.3. The summed E-state index contributed by atoms with van der Waals surface area (Å²) in [6.07, 6.45) is 1.14. The number of halogens is 3. The molecule has 0 saturated carbocycles. The molecule has 232 valence electrons. The molecule has 11 nitrogen and oxygen atoms in total. The van der Waals surface area contributed by atoms with Crippen LogP contribution in [0.5, 0.6) is 0 Å². The van der Waals surface area contributed by atoms with Gasteiger partial charge in [-0.15, -0.1) is 11.3 Å². The Kier molecular flexibility index (Phi) is 8.70. The van der Waals surface area contributed by atoms with Gasteiger partial charge in [-0.25, -0.2) is 24.5 Å². The van der Waals surface area contributed by atoms with Gasteiger partial charge < -0.3 is 15.0 Å². The van der Waals surface area contributed by atoms with Gasteiger partial charge in [-0.1, -0.05) is 0 Å². The molecule has 0 spiro atoms. The Morgan fingerprint density at radius 1 is 1.18 bits per heavy atom. The summed E-state index contributed by atoms with van der Waals surface area (Å²) in [5.41, 5.74) is -1.10. The van der Waals surface area contributed by atoms with Crippen LogP contribution in [0.1, 0.15) is 55.7 Å². The number of likely N-dealkylation sites (tertiary alicyclic amines) is 1. The molecule has 0 radical (unpaired) electrons. The van der Waals surface area contributed by atoms with E-state index in [1.165, 1.54) is 30.7 Å². The highest BCUT2D eigenvalue weighted by molar-refractivity contribution is 7.13. The molecular weight excluding hydrogens is 599 g/mol. The summed E-state index contributed by atoms with van der Waals surface area (Å²) in [7, 11) is 0. The average Bonchev–Trinajstić information content (AvgIpc) is 3.49. The zero-order valence-corrected chi connectivity index (χ0v) is 24.9. The third kappa shape index (κ3) is 6.28. The number of urea groups is 1. The number of fused-ring (bicyclic) bond motifs is 1. The highest BCUT2D eigenvalue weighted by Crippen LogP contribution is 2.39. The maximum Gasteiger partial charge on any atom is 0.434 e. The predicted molar refractivity (Wildman–Crippen MR) is 160 cm³/mol. The van der Waals surface area contributed by atoms with E-state index in [0.717, 1.165) is 36.1 Å². The minimum atomic E-state index is -4.67. The van der Waals surface area contributed by atoms with Crippen molar-refractivity contribution in [3.8, 4) is 21.7 Å². The topological polar surface area (TPSA) is 142 Å². The third-order valence-electron chi connectivity index (χ3n) is 7.47. The standard InChI is InChI=1S/C29H30F3N7O4S/c1-4-33-28(43)37-23-9-18(26-36-22(14-44-26)29(30,31)32)20(11-34-23)16-8-19-24(40)21(27(41)42)13-39(25(19)35-10-16)17-6-5-7-38(12-17)15(2)3/h8-11,13-15,17H,4-7,12H2,1-3H3,(H,41,42)(H2,33,34,37,43). The fraction of sp³-hybridized carbons (Fsp3) is 0.379. The number of aromatic nitrogens is 4. The summed E-state index contributed by atoms with van der Waals surface area (Å²) in [5, 5.41) is 15.9. The van der Waals surface area contributed by atoms with E-state index >= 15 is 0 Å². The SMILES string of the molecule is CCNC(=O)Nc1cc(-c2nc(C(F)(F)F)cs2)c(-c2cnc3c(c2)c(=O)c(C(=O)O)cn3C2CCCN(C(C)C)C2)cn1. The number of aromatic carboxylic acids is 1. The molecule has 5 rings (SSSR count). The molecule has 1 atom stereocenters. The highest BCUT2D eigenvalue weighted by atomic mass is 32.1. The Bertz CT molecular complexity index is 1790. The van der Waals surface area contributed by atoms with Crippen LogP contribution in [-0.2, 0) is 6.18 Å². The van der Waals surface area contributed by atoms with Gasteiger partial charge in [-0.2, -0.15) is 13.2 Å². The number of carbonyl (C=O) groups is 2. The molecule has 1 saturated heterocycles. The lowest BCUT2D eigenvalue weighted by atomic mass is 10.0. The molecule has 5 heterocycles. The van der Waals surface area contributed by atoms with Gasteiger partial charge >= 0.3 is 18.2 Å². The van der Waals surface area contributed by atoms with Gasteiger partial charge in [0.05, 0.1) is 5.39 Å². The van der Waals surface area contributed by atoms with Gasteiger partial charge in [-0.05, 0) is 52.3 Å². The summed E-state index contributed by atoms with van der Waals surface area (Å²) in [6, 6.07) is 2.47. The number of pyridine rings is 3. The first-order valence-corrected chi connectivity index (χ1v) is 14.9. The third-order valence-corrected chi connectivity index (χ3v) is 8.35. The maximum absolute atomic E-state index is 13.4. The Hall–Kier alpha value is -4.37. The Balaban J connectivity index is 1.67. The fourth-order valence-electron chi connectivity index (χ4n) is 5.27. The molecule has 1 aliphatic rings. The number of alkyl halides is 3.